The molecule has 3 aromatic rings. The van der Waals surface area contributed by atoms with E-state index in [9.17, 15) is 4.79 Å². The van der Waals surface area contributed by atoms with E-state index in [4.69, 9.17) is 17.3 Å². The second-order valence-corrected chi connectivity index (χ2v) is 8.83. The van der Waals surface area contributed by atoms with Crippen molar-refractivity contribution in [1.82, 2.24) is 15.2 Å². The molecular formula is C25H26ClN5O. The highest BCUT2D eigenvalue weighted by molar-refractivity contribution is 6.35. The molecule has 0 atom stereocenters. The van der Waals surface area contributed by atoms with Crippen LogP contribution in [0.4, 0.5) is 11.5 Å². The van der Waals surface area contributed by atoms with Crippen LogP contribution in [0.3, 0.4) is 0 Å². The summed E-state index contributed by atoms with van der Waals surface area (Å²) in [4.78, 5) is 21.3. The fraction of sp³-hybridized carbons (Fsp3) is 0.280. The zero-order valence-corrected chi connectivity index (χ0v) is 18.8. The summed E-state index contributed by atoms with van der Waals surface area (Å²) >= 11 is 6.74. The molecule has 7 heteroatoms. The lowest BCUT2D eigenvalue weighted by molar-refractivity contribution is 0.0946. The molecule has 6 nitrogen and oxygen atoms in total. The summed E-state index contributed by atoms with van der Waals surface area (Å²) in [6.45, 7) is 4.82. The molecule has 0 spiro atoms. The van der Waals surface area contributed by atoms with Crippen LogP contribution < -0.4 is 16.0 Å². The van der Waals surface area contributed by atoms with Gasteiger partial charge in [-0.2, -0.15) is 0 Å². The Balaban J connectivity index is 1.47. The number of carbonyl (C=O) groups is 1. The number of piperazine rings is 1. The Morgan fingerprint density at radius 1 is 0.969 bits per heavy atom. The van der Waals surface area contributed by atoms with E-state index in [-0.39, 0.29) is 5.91 Å². The minimum absolute atomic E-state index is 0.0833. The van der Waals surface area contributed by atoms with E-state index in [0.717, 1.165) is 54.0 Å². The van der Waals surface area contributed by atoms with Crippen molar-refractivity contribution in [2.75, 3.05) is 50.4 Å². The molecule has 1 amide bonds. The first-order valence-electron chi connectivity index (χ1n) is 10.9. The topological polar surface area (TPSA) is 74.5 Å². The first kappa shape index (κ1) is 20.8. The van der Waals surface area contributed by atoms with Crippen LogP contribution in [0.1, 0.15) is 15.9 Å². The molecule has 0 unspecified atom stereocenters. The van der Waals surface area contributed by atoms with Crippen LogP contribution in [-0.4, -0.2) is 55.6 Å². The average molecular weight is 448 g/mol. The number of nitrogen functional groups attached to an aromatic ring is 1. The number of carbonyl (C=O) groups excluding carboxylic acids is 1. The van der Waals surface area contributed by atoms with Crippen LogP contribution in [0.5, 0.6) is 0 Å². The van der Waals surface area contributed by atoms with E-state index < -0.39 is 0 Å². The minimum Gasteiger partial charge on any atom is -0.383 e. The number of pyridine rings is 1. The number of anilines is 2. The lowest BCUT2D eigenvalue weighted by Gasteiger charge is -2.34. The lowest BCUT2D eigenvalue weighted by Crippen LogP contribution is -2.44. The van der Waals surface area contributed by atoms with Gasteiger partial charge in [-0.1, -0.05) is 29.8 Å². The Bertz CT molecular complexity index is 1170. The summed E-state index contributed by atoms with van der Waals surface area (Å²) in [5.74, 6) is 0.338. The third kappa shape index (κ3) is 3.80. The van der Waals surface area contributed by atoms with Gasteiger partial charge in [0.25, 0.3) is 5.91 Å². The maximum atomic E-state index is 12.1. The Morgan fingerprint density at radius 3 is 2.44 bits per heavy atom. The standard InChI is InChI=1S/C25H26ClN5O/c1-30-10-12-31(13-11-30)18-4-2-16(3-5-18)17-14-22(24(27)29-15-17)19-6-7-21-20(23(19)26)8-9-28-25(21)32/h2-7,14-15H,8-13H2,1H3,(H2,27,29)(H,28,32). The summed E-state index contributed by atoms with van der Waals surface area (Å²) in [5, 5.41) is 3.43. The normalized spacial score (nSPS) is 16.6. The SMILES string of the molecule is CN1CCN(c2ccc(-c3cnc(N)c(-c4ccc5c(c4Cl)CCNC5=O)c3)cc2)CC1. The van der Waals surface area contributed by atoms with E-state index in [0.29, 0.717) is 29.4 Å². The van der Waals surface area contributed by atoms with E-state index in [1.54, 1.807) is 6.20 Å². The van der Waals surface area contributed by atoms with Gasteiger partial charge in [0.05, 0.1) is 5.02 Å². The number of hydrogen-bond donors (Lipinski definition) is 2. The van der Waals surface area contributed by atoms with E-state index in [1.807, 2.05) is 18.2 Å². The number of fused-ring (bicyclic) bond motifs is 1. The summed E-state index contributed by atoms with van der Waals surface area (Å²) in [6, 6.07) is 14.3. The molecule has 2 aliphatic heterocycles. The van der Waals surface area contributed by atoms with E-state index >= 15 is 0 Å². The fourth-order valence-electron chi connectivity index (χ4n) is 4.46. The molecule has 0 bridgehead atoms. The smallest absolute Gasteiger partial charge is 0.251 e. The number of nitrogens with zero attached hydrogens (tertiary/aromatic N) is 3. The number of halogens is 1. The van der Waals surface area contributed by atoms with Crippen LogP contribution in [-0.2, 0) is 6.42 Å². The van der Waals surface area contributed by atoms with Gasteiger partial charge in [0, 0.05) is 66.9 Å². The number of aromatic nitrogens is 1. The highest BCUT2D eigenvalue weighted by Gasteiger charge is 2.22. The van der Waals surface area contributed by atoms with Crippen molar-refractivity contribution in [2.45, 2.75) is 6.42 Å². The molecule has 3 heterocycles. The molecule has 1 saturated heterocycles. The minimum atomic E-state index is -0.0833. The molecule has 0 radical (unpaired) electrons. The second-order valence-electron chi connectivity index (χ2n) is 8.45. The summed E-state index contributed by atoms with van der Waals surface area (Å²) in [5.41, 5.74) is 12.6. The van der Waals surface area contributed by atoms with Gasteiger partial charge in [0.2, 0.25) is 0 Å². The molecule has 2 aromatic carbocycles. The van der Waals surface area contributed by atoms with Crippen LogP contribution >= 0.6 is 11.6 Å². The van der Waals surface area contributed by atoms with E-state index in [1.165, 1.54) is 5.69 Å². The van der Waals surface area contributed by atoms with Crippen LogP contribution in [0.15, 0.2) is 48.7 Å². The number of likely N-dealkylation sites (N-methyl/N-ethyl adjacent to an activating group) is 1. The van der Waals surface area contributed by atoms with Gasteiger partial charge in [-0.3, -0.25) is 4.79 Å². The van der Waals surface area contributed by atoms with Gasteiger partial charge >= 0.3 is 0 Å². The first-order chi connectivity index (χ1) is 15.5. The van der Waals surface area contributed by atoms with Crippen molar-refractivity contribution in [1.29, 1.82) is 0 Å². The van der Waals surface area contributed by atoms with Crippen LogP contribution in [0.25, 0.3) is 22.3 Å². The van der Waals surface area contributed by atoms with Gasteiger partial charge in [0.15, 0.2) is 0 Å². The van der Waals surface area contributed by atoms with E-state index in [2.05, 4.69) is 51.4 Å². The average Bonchev–Trinajstić information content (AvgIpc) is 2.81. The first-order valence-corrected chi connectivity index (χ1v) is 11.3. The quantitative estimate of drug-likeness (QED) is 0.640. The molecule has 0 aliphatic carbocycles. The number of nitrogens with two attached hydrogens (primary N) is 1. The lowest BCUT2D eigenvalue weighted by atomic mass is 9.93. The van der Waals surface area contributed by atoms with Gasteiger partial charge in [-0.25, -0.2) is 4.98 Å². The summed E-state index contributed by atoms with van der Waals surface area (Å²) < 4.78 is 0. The number of benzene rings is 2. The van der Waals surface area contributed by atoms with Crippen molar-refractivity contribution < 1.29 is 4.79 Å². The van der Waals surface area contributed by atoms with Gasteiger partial charge in [0.1, 0.15) is 5.82 Å². The molecule has 32 heavy (non-hydrogen) atoms. The Labute approximate surface area is 193 Å². The van der Waals surface area contributed by atoms with Crippen molar-refractivity contribution in [3.63, 3.8) is 0 Å². The van der Waals surface area contributed by atoms with Crippen molar-refractivity contribution >= 4 is 29.0 Å². The Kier molecular flexibility index (Phi) is 5.49. The number of nitrogens with one attached hydrogen (secondary N) is 1. The number of amides is 1. The van der Waals surface area contributed by atoms with Crippen LogP contribution in [0, 0.1) is 0 Å². The third-order valence-corrected chi connectivity index (χ3v) is 6.86. The van der Waals surface area contributed by atoms with Gasteiger partial charge in [-0.05, 0) is 48.9 Å². The molecular weight excluding hydrogens is 422 g/mol. The monoisotopic (exact) mass is 447 g/mol. The number of rotatable bonds is 3. The van der Waals surface area contributed by atoms with Gasteiger partial charge in [-0.15, -0.1) is 0 Å². The van der Waals surface area contributed by atoms with Gasteiger partial charge < -0.3 is 20.9 Å². The molecule has 0 saturated carbocycles. The molecule has 5 rings (SSSR count). The maximum Gasteiger partial charge on any atom is 0.251 e. The Morgan fingerprint density at radius 2 is 1.69 bits per heavy atom. The summed E-state index contributed by atoms with van der Waals surface area (Å²) in [7, 11) is 2.16. The maximum absolute atomic E-state index is 12.1. The largest absolute Gasteiger partial charge is 0.383 e. The molecule has 164 valence electrons. The highest BCUT2D eigenvalue weighted by atomic mass is 35.5. The molecule has 1 aromatic heterocycles. The predicted octanol–water partition coefficient (Wildman–Crippen LogP) is 3.69. The van der Waals surface area contributed by atoms with Crippen molar-refractivity contribution in [3.05, 3.63) is 64.8 Å². The predicted molar refractivity (Wildman–Crippen MR) is 130 cm³/mol. The summed E-state index contributed by atoms with van der Waals surface area (Å²) in [6.07, 6.45) is 2.50. The second kappa shape index (κ2) is 8.45. The van der Waals surface area contributed by atoms with Crippen molar-refractivity contribution in [2.24, 2.45) is 0 Å². The Hall–Kier alpha value is -3.09. The van der Waals surface area contributed by atoms with Crippen molar-refractivity contribution in [3.8, 4) is 22.3 Å². The number of hydrogen-bond acceptors (Lipinski definition) is 5. The zero-order chi connectivity index (χ0) is 22.2. The van der Waals surface area contributed by atoms with Crippen LogP contribution in [0.2, 0.25) is 5.02 Å². The zero-order valence-electron chi connectivity index (χ0n) is 18.1. The molecule has 1 fully saturated rings. The third-order valence-electron chi connectivity index (χ3n) is 6.43. The molecule has 2 aliphatic rings. The fourth-order valence-corrected chi connectivity index (χ4v) is 4.82. The highest BCUT2D eigenvalue weighted by Crippen LogP contribution is 2.38. The molecule has 3 N–H and O–H groups in total.